The molecule has 0 radical (unpaired) electrons. The third-order valence-corrected chi connectivity index (χ3v) is 7.62. The van der Waals surface area contributed by atoms with Crippen molar-refractivity contribution in [2.24, 2.45) is 5.92 Å². The van der Waals surface area contributed by atoms with Gasteiger partial charge in [0.15, 0.2) is 0 Å². The molecular weight excluding hydrogens is 388 g/mol. The standard InChI is InChI=1S/C21H30N4OS2/c1-16-4-2-3-5-19(16)23-20(26)13-25-9-7-24(8-10-25)12-18-15-28-21(22-18)17-6-11-27-14-17/h6,11,14-16,19H,2-5,7-10,12-13H2,1H3,(H,23,26). The number of rotatable bonds is 6. The first-order valence-corrected chi connectivity index (χ1v) is 12.2. The predicted octanol–water partition coefficient (Wildman–Crippen LogP) is 3.68. The van der Waals surface area contributed by atoms with Crippen molar-refractivity contribution in [3.05, 3.63) is 27.9 Å². The fourth-order valence-corrected chi connectivity index (χ4v) is 5.74. The Balaban J connectivity index is 1.20. The van der Waals surface area contributed by atoms with E-state index in [-0.39, 0.29) is 5.91 Å². The Kier molecular flexibility index (Phi) is 6.77. The number of carbonyl (C=O) groups is 1. The van der Waals surface area contributed by atoms with Crippen molar-refractivity contribution in [1.82, 2.24) is 20.1 Å². The van der Waals surface area contributed by atoms with Gasteiger partial charge >= 0.3 is 0 Å². The molecule has 1 aliphatic carbocycles. The predicted molar refractivity (Wildman–Crippen MR) is 117 cm³/mol. The summed E-state index contributed by atoms with van der Waals surface area (Å²) in [6.45, 7) is 7.61. The van der Waals surface area contributed by atoms with Crippen LogP contribution >= 0.6 is 22.7 Å². The van der Waals surface area contributed by atoms with E-state index >= 15 is 0 Å². The van der Waals surface area contributed by atoms with Crippen molar-refractivity contribution in [2.45, 2.75) is 45.2 Å². The van der Waals surface area contributed by atoms with E-state index in [1.807, 2.05) is 0 Å². The van der Waals surface area contributed by atoms with Crippen LogP contribution in [0.25, 0.3) is 10.6 Å². The third-order valence-electron chi connectivity index (χ3n) is 6.00. The first-order valence-electron chi connectivity index (χ1n) is 10.4. The van der Waals surface area contributed by atoms with E-state index < -0.39 is 0 Å². The summed E-state index contributed by atoms with van der Waals surface area (Å²) in [6.07, 6.45) is 4.94. The van der Waals surface area contributed by atoms with Crippen LogP contribution in [-0.2, 0) is 11.3 Å². The van der Waals surface area contributed by atoms with Crippen molar-refractivity contribution in [2.75, 3.05) is 32.7 Å². The number of hydrogen-bond donors (Lipinski definition) is 1. The summed E-state index contributed by atoms with van der Waals surface area (Å²) in [5, 5.41) is 10.8. The maximum absolute atomic E-state index is 12.4. The van der Waals surface area contributed by atoms with E-state index in [0.717, 1.165) is 49.8 Å². The maximum atomic E-state index is 12.4. The second-order valence-corrected chi connectivity index (χ2v) is 9.78. The van der Waals surface area contributed by atoms with E-state index in [0.29, 0.717) is 18.5 Å². The lowest BCUT2D eigenvalue weighted by Crippen LogP contribution is -2.51. The van der Waals surface area contributed by atoms with Crippen LogP contribution in [0.4, 0.5) is 0 Å². The van der Waals surface area contributed by atoms with Crippen LogP contribution < -0.4 is 5.32 Å². The van der Waals surface area contributed by atoms with Crippen LogP contribution in [-0.4, -0.2) is 59.5 Å². The minimum absolute atomic E-state index is 0.201. The normalized spacial score (nSPS) is 24.3. The summed E-state index contributed by atoms with van der Waals surface area (Å²) >= 11 is 3.44. The topological polar surface area (TPSA) is 48.5 Å². The highest BCUT2D eigenvalue weighted by Crippen LogP contribution is 2.26. The monoisotopic (exact) mass is 418 g/mol. The molecule has 7 heteroatoms. The average Bonchev–Trinajstić information content (AvgIpc) is 3.37. The van der Waals surface area contributed by atoms with Gasteiger partial charge in [-0.05, 0) is 30.2 Å². The molecule has 152 valence electrons. The molecule has 2 fully saturated rings. The van der Waals surface area contributed by atoms with Crippen LogP contribution in [0.5, 0.6) is 0 Å². The van der Waals surface area contributed by atoms with Crippen LogP contribution in [0.3, 0.4) is 0 Å². The number of piperazine rings is 1. The highest BCUT2D eigenvalue weighted by molar-refractivity contribution is 7.14. The quantitative estimate of drug-likeness (QED) is 0.777. The molecule has 1 saturated carbocycles. The smallest absolute Gasteiger partial charge is 0.234 e. The first-order chi connectivity index (χ1) is 13.7. The van der Waals surface area contributed by atoms with Crippen molar-refractivity contribution in [3.8, 4) is 10.6 Å². The number of nitrogens with zero attached hydrogens (tertiary/aromatic N) is 3. The summed E-state index contributed by atoms with van der Waals surface area (Å²) in [5.74, 6) is 0.818. The van der Waals surface area contributed by atoms with E-state index in [2.05, 4.69) is 44.2 Å². The number of amides is 1. The van der Waals surface area contributed by atoms with Gasteiger partial charge < -0.3 is 5.32 Å². The lowest BCUT2D eigenvalue weighted by Gasteiger charge is -2.35. The summed E-state index contributed by atoms with van der Waals surface area (Å²) < 4.78 is 0. The Morgan fingerprint density at radius 2 is 1.96 bits per heavy atom. The molecule has 0 aromatic carbocycles. The van der Waals surface area contributed by atoms with Crippen LogP contribution in [0, 0.1) is 5.92 Å². The Labute approximate surface area is 175 Å². The van der Waals surface area contributed by atoms with Gasteiger partial charge in [0, 0.05) is 55.1 Å². The molecule has 3 heterocycles. The number of hydrogen-bond acceptors (Lipinski definition) is 6. The van der Waals surface area contributed by atoms with Crippen molar-refractivity contribution in [3.63, 3.8) is 0 Å². The largest absolute Gasteiger partial charge is 0.352 e. The van der Waals surface area contributed by atoms with Gasteiger partial charge in [-0.2, -0.15) is 11.3 Å². The Hall–Kier alpha value is -1.28. The zero-order valence-corrected chi connectivity index (χ0v) is 18.2. The maximum Gasteiger partial charge on any atom is 0.234 e. The van der Waals surface area contributed by atoms with Gasteiger partial charge in [0.25, 0.3) is 0 Å². The van der Waals surface area contributed by atoms with Gasteiger partial charge in [-0.25, -0.2) is 4.98 Å². The average molecular weight is 419 g/mol. The summed E-state index contributed by atoms with van der Waals surface area (Å²) in [6, 6.07) is 2.51. The Morgan fingerprint density at radius 1 is 1.18 bits per heavy atom. The molecule has 2 atom stereocenters. The number of aromatic nitrogens is 1. The molecule has 0 bridgehead atoms. The molecule has 2 aromatic heterocycles. The highest BCUT2D eigenvalue weighted by Gasteiger charge is 2.25. The fraction of sp³-hybridized carbons (Fsp3) is 0.619. The second kappa shape index (κ2) is 9.48. The lowest BCUT2D eigenvalue weighted by molar-refractivity contribution is -0.124. The van der Waals surface area contributed by atoms with Crippen LogP contribution in [0.15, 0.2) is 22.2 Å². The zero-order valence-electron chi connectivity index (χ0n) is 16.6. The van der Waals surface area contributed by atoms with Gasteiger partial charge in [-0.15, -0.1) is 11.3 Å². The molecule has 4 rings (SSSR count). The number of carbonyl (C=O) groups excluding carboxylic acids is 1. The molecule has 1 amide bonds. The molecule has 5 nitrogen and oxygen atoms in total. The molecular formula is C21H30N4OS2. The number of thiazole rings is 1. The van der Waals surface area contributed by atoms with Gasteiger partial charge in [0.1, 0.15) is 5.01 Å². The summed E-state index contributed by atoms with van der Waals surface area (Å²) in [5.41, 5.74) is 2.38. The van der Waals surface area contributed by atoms with Crippen LogP contribution in [0.1, 0.15) is 38.3 Å². The van der Waals surface area contributed by atoms with Gasteiger partial charge in [-0.3, -0.25) is 14.6 Å². The first kappa shape index (κ1) is 20.0. The number of nitrogens with one attached hydrogen (secondary N) is 1. The van der Waals surface area contributed by atoms with Gasteiger partial charge in [0.05, 0.1) is 12.2 Å². The molecule has 28 heavy (non-hydrogen) atoms. The highest BCUT2D eigenvalue weighted by atomic mass is 32.1. The van der Waals surface area contributed by atoms with E-state index in [1.54, 1.807) is 22.7 Å². The molecule has 0 spiro atoms. The van der Waals surface area contributed by atoms with Gasteiger partial charge in [0.2, 0.25) is 5.91 Å². The molecule has 2 aromatic rings. The Morgan fingerprint density at radius 3 is 2.71 bits per heavy atom. The number of thiophene rings is 1. The summed E-state index contributed by atoms with van der Waals surface area (Å²) in [4.78, 5) is 22.0. The molecule has 1 N–H and O–H groups in total. The van der Waals surface area contributed by atoms with Gasteiger partial charge in [-0.1, -0.05) is 19.8 Å². The summed E-state index contributed by atoms with van der Waals surface area (Å²) in [7, 11) is 0. The van der Waals surface area contributed by atoms with Crippen molar-refractivity contribution >= 4 is 28.6 Å². The SMILES string of the molecule is CC1CCCCC1NC(=O)CN1CCN(Cc2csc(-c3ccsc3)n2)CC1. The third kappa shape index (κ3) is 5.20. The van der Waals surface area contributed by atoms with Crippen LogP contribution in [0.2, 0.25) is 0 Å². The zero-order chi connectivity index (χ0) is 19.3. The minimum atomic E-state index is 0.201. The molecule has 2 aliphatic rings. The van der Waals surface area contributed by atoms with E-state index in [1.165, 1.54) is 24.8 Å². The van der Waals surface area contributed by atoms with E-state index in [4.69, 9.17) is 4.98 Å². The Bertz CT molecular complexity index is 752. The molecule has 1 aliphatic heterocycles. The van der Waals surface area contributed by atoms with E-state index in [9.17, 15) is 4.79 Å². The van der Waals surface area contributed by atoms with Crippen molar-refractivity contribution < 1.29 is 4.79 Å². The molecule has 2 unspecified atom stereocenters. The second-order valence-electron chi connectivity index (χ2n) is 8.14. The fourth-order valence-electron chi connectivity index (χ4n) is 4.22. The van der Waals surface area contributed by atoms with Crippen molar-refractivity contribution in [1.29, 1.82) is 0 Å². The molecule has 1 saturated heterocycles. The minimum Gasteiger partial charge on any atom is -0.352 e. The lowest BCUT2D eigenvalue weighted by atomic mass is 9.86.